The minimum atomic E-state index is 0.520. The van der Waals surface area contributed by atoms with Crippen molar-refractivity contribution in [1.29, 1.82) is 0 Å². The highest BCUT2D eigenvalue weighted by Gasteiger charge is 2.15. The van der Waals surface area contributed by atoms with E-state index in [1.165, 1.54) is 5.46 Å². The van der Waals surface area contributed by atoms with Crippen molar-refractivity contribution >= 4 is 57.8 Å². The lowest BCUT2D eigenvalue weighted by Gasteiger charge is -2.04. The first-order chi connectivity index (χ1) is 10.7. The Morgan fingerprint density at radius 1 is 1.05 bits per heavy atom. The standard InChI is InChI=1S/C16H10BClN2S2/c17-10-4-1-3-9(7-10)11-8-22-16-13(11)14(18)19-15(20-16)12-5-2-6-21-12/h1-8H,17H2. The monoisotopic (exact) mass is 340 g/mol. The first-order valence-corrected chi connectivity index (χ1v) is 8.92. The molecule has 4 aromatic rings. The molecule has 3 aromatic heterocycles. The molecular weight excluding hydrogens is 331 g/mol. The zero-order chi connectivity index (χ0) is 15.1. The SMILES string of the molecule is Bc1cccc(-c2csc3nc(-c4cccs4)nc(Cl)c23)c1. The zero-order valence-corrected chi connectivity index (χ0v) is 14.1. The van der Waals surface area contributed by atoms with E-state index < -0.39 is 0 Å². The highest BCUT2D eigenvalue weighted by molar-refractivity contribution is 7.17. The molecule has 0 saturated heterocycles. The lowest BCUT2D eigenvalue weighted by molar-refractivity contribution is 1.25. The Hall–Kier alpha value is -1.69. The van der Waals surface area contributed by atoms with Crippen LogP contribution in [0.2, 0.25) is 5.15 Å². The van der Waals surface area contributed by atoms with Gasteiger partial charge in [0.25, 0.3) is 0 Å². The lowest BCUT2D eigenvalue weighted by atomic mass is 9.92. The summed E-state index contributed by atoms with van der Waals surface area (Å²) in [6.45, 7) is 0. The molecule has 6 heteroatoms. The van der Waals surface area contributed by atoms with Crippen LogP contribution < -0.4 is 5.46 Å². The number of fused-ring (bicyclic) bond motifs is 1. The van der Waals surface area contributed by atoms with E-state index in [2.05, 4.69) is 47.5 Å². The van der Waals surface area contributed by atoms with Gasteiger partial charge >= 0.3 is 0 Å². The van der Waals surface area contributed by atoms with Crippen LogP contribution in [0.4, 0.5) is 0 Å². The van der Waals surface area contributed by atoms with E-state index >= 15 is 0 Å². The van der Waals surface area contributed by atoms with Crippen LogP contribution in [0.25, 0.3) is 32.0 Å². The summed E-state index contributed by atoms with van der Waals surface area (Å²) in [5, 5.41) is 5.59. The van der Waals surface area contributed by atoms with Gasteiger partial charge in [0.05, 0.1) is 10.3 Å². The molecule has 0 N–H and O–H groups in total. The normalized spacial score (nSPS) is 11.1. The van der Waals surface area contributed by atoms with E-state index in [4.69, 9.17) is 11.6 Å². The molecule has 106 valence electrons. The molecule has 22 heavy (non-hydrogen) atoms. The molecule has 0 aliphatic rings. The summed E-state index contributed by atoms with van der Waals surface area (Å²) in [5.41, 5.74) is 3.48. The quantitative estimate of drug-likeness (QED) is 0.407. The van der Waals surface area contributed by atoms with Crippen molar-refractivity contribution in [1.82, 2.24) is 9.97 Å². The van der Waals surface area contributed by atoms with Gasteiger partial charge < -0.3 is 0 Å². The van der Waals surface area contributed by atoms with Gasteiger partial charge in [-0.05, 0) is 17.0 Å². The zero-order valence-electron chi connectivity index (χ0n) is 11.7. The van der Waals surface area contributed by atoms with Gasteiger partial charge in [0.15, 0.2) is 5.82 Å². The van der Waals surface area contributed by atoms with Gasteiger partial charge in [0.1, 0.15) is 17.8 Å². The molecule has 1 aromatic carbocycles. The Kier molecular flexibility index (Phi) is 3.49. The maximum Gasteiger partial charge on any atom is 0.172 e. The maximum atomic E-state index is 6.48. The maximum absolute atomic E-state index is 6.48. The number of aromatic nitrogens is 2. The summed E-state index contributed by atoms with van der Waals surface area (Å²) in [4.78, 5) is 11.1. The highest BCUT2D eigenvalue weighted by Crippen LogP contribution is 2.37. The molecule has 2 nitrogen and oxygen atoms in total. The van der Waals surface area contributed by atoms with Crippen LogP contribution in [-0.2, 0) is 0 Å². The van der Waals surface area contributed by atoms with Crippen LogP contribution in [0, 0.1) is 0 Å². The van der Waals surface area contributed by atoms with Crippen molar-refractivity contribution in [2.24, 2.45) is 0 Å². The summed E-state index contributed by atoms with van der Waals surface area (Å²) in [7, 11) is 2.09. The smallest absolute Gasteiger partial charge is 0.172 e. The van der Waals surface area contributed by atoms with E-state index in [1.54, 1.807) is 22.7 Å². The summed E-state index contributed by atoms with van der Waals surface area (Å²) >= 11 is 9.70. The molecule has 0 fully saturated rings. The average Bonchev–Trinajstić information content (AvgIpc) is 3.17. The first-order valence-electron chi connectivity index (χ1n) is 6.78. The fourth-order valence-corrected chi connectivity index (χ4v) is 4.37. The lowest BCUT2D eigenvalue weighted by Crippen LogP contribution is -2.00. The molecule has 0 radical (unpaired) electrons. The van der Waals surface area contributed by atoms with Gasteiger partial charge in [-0.25, -0.2) is 9.97 Å². The van der Waals surface area contributed by atoms with Crippen molar-refractivity contribution in [3.63, 3.8) is 0 Å². The van der Waals surface area contributed by atoms with Gasteiger partial charge in [-0.1, -0.05) is 47.4 Å². The Bertz CT molecular complexity index is 964. The number of benzene rings is 1. The van der Waals surface area contributed by atoms with Crippen LogP contribution in [0.1, 0.15) is 0 Å². The minimum absolute atomic E-state index is 0.520. The minimum Gasteiger partial charge on any atom is -0.216 e. The molecule has 0 bridgehead atoms. The summed E-state index contributed by atoms with van der Waals surface area (Å²) in [6, 6.07) is 12.4. The van der Waals surface area contributed by atoms with Crippen molar-refractivity contribution in [3.8, 4) is 21.8 Å². The number of thiophene rings is 2. The van der Waals surface area contributed by atoms with Gasteiger partial charge in [0.2, 0.25) is 0 Å². The second-order valence-corrected chi connectivity index (χ2v) is 7.18. The van der Waals surface area contributed by atoms with E-state index in [0.29, 0.717) is 11.0 Å². The highest BCUT2D eigenvalue weighted by atomic mass is 35.5. The number of hydrogen-bond donors (Lipinski definition) is 0. The van der Waals surface area contributed by atoms with Gasteiger partial charge in [-0.2, -0.15) is 0 Å². The van der Waals surface area contributed by atoms with Crippen LogP contribution in [0.3, 0.4) is 0 Å². The topological polar surface area (TPSA) is 25.8 Å². The second kappa shape index (κ2) is 5.50. The molecule has 0 saturated carbocycles. The van der Waals surface area contributed by atoms with E-state index in [0.717, 1.165) is 26.2 Å². The van der Waals surface area contributed by atoms with Crippen LogP contribution in [0.15, 0.2) is 47.2 Å². The third kappa shape index (κ3) is 2.35. The van der Waals surface area contributed by atoms with Crippen LogP contribution in [-0.4, -0.2) is 17.8 Å². The van der Waals surface area contributed by atoms with Crippen LogP contribution in [0.5, 0.6) is 0 Å². The largest absolute Gasteiger partial charge is 0.216 e. The Morgan fingerprint density at radius 3 is 2.73 bits per heavy atom. The Morgan fingerprint density at radius 2 is 1.95 bits per heavy atom. The molecule has 0 aliphatic heterocycles. The number of rotatable bonds is 2. The van der Waals surface area contributed by atoms with E-state index in [1.807, 2.05) is 17.5 Å². The predicted molar refractivity (Wildman–Crippen MR) is 99.4 cm³/mol. The molecule has 4 rings (SSSR count). The fourth-order valence-electron chi connectivity index (χ4n) is 2.44. The molecule has 0 atom stereocenters. The molecule has 0 spiro atoms. The van der Waals surface area contributed by atoms with Gasteiger partial charge in [0, 0.05) is 10.9 Å². The molecule has 0 aliphatic carbocycles. The van der Waals surface area contributed by atoms with Crippen LogP contribution >= 0.6 is 34.3 Å². The molecule has 3 heterocycles. The van der Waals surface area contributed by atoms with Crippen molar-refractivity contribution in [2.45, 2.75) is 0 Å². The predicted octanol–water partition coefficient (Wildman–Crippen LogP) is 4.00. The Labute approximate surface area is 141 Å². The number of halogens is 1. The summed E-state index contributed by atoms with van der Waals surface area (Å²) in [5.74, 6) is 0.699. The molecule has 0 amide bonds. The number of nitrogens with zero attached hydrogens (tertiary/aromatic N) is 2. The van der Waals surface area contributed by atoms with Crippen molar-refractivity contribution in [2.75, 3.05) is 0 Å². The van der Waals surface area contributed by atoms with E-state index in [9.17, 15) is 0 Å². The second-order valence-electron chi connectivity index (χ2n) is 5.01. The Balaban J connectivity index is 1.93. The number of hydrogen-bond acceptors (Lipinski definition) is 4. The van der Waals surface area contributed by atoms with Gasteiger partial charge in [-0.15, -0.1) is 22.7 Å². The van der Waals surface area contributed by atoms with E-state index in [-0.39, 0.29) is 0 Å². The molecular formula is C16H10BClN2S2. The van der Waals surface area contributed by atoms with Crippen molar-refractivity contribution in [3.05, 3.63) is 52.3 Å². The first kappa shape index (κ1) is 13.9. The third-order valence-corrected chi connectivity index (χ3v) is 5.47. The summed E-state index contributed by atoms with van der Waals surface area (Å²) < 4.78 is 0. The third-order valence-electron chi connectivity index (χ3n) is 3.46. The molecule has 0 unspecified atom stereocenters. The fraction of sp³-hybridized carbons (Fsp3) is 0. The van der Waals surface area contributed by atoms with Gasteiger partial charge in [-0.3, -0.25) is 0 Å². The van der Waals surface area contributed by atoms with Crippen molar-refractivity contribution < 1.29 is 0 Å². The average molecular weight is 341 g/mol. The summed E-state index contributed by atoms with van der Waals surface area (Å²) in [6.07, 6.45) is 0.